The van der Waals surface area contributed by atoms with Crippen LogP contribution < -0.4 is 11.3 Å². The van der Waals surface area contributed by atoms with Crippen LogP contribution in [0.1, 0.15) is 15.9 Å². The molecule has 5 heteroatoms. The van der Waals surface area contributed by atoms with Crippen LogP contribution in [0.3, 0.4) is 0 Å². The van der Waals surface area contributed by atoms with Crippen LogP contribution in [-0.4, -0.2) is 5.91 Å². The molecule has 0 saturated carbocycles. The van der Waals surface area contributed by atoms with Gasteiger partial charge in [0.25, 0.3) is 5.91 Å². The first-order valence-corrected chi connectivity index (χ1v) is 7.46. The van der Waals surface area contributed by atoms with Gasteiger partial charge in [-0.05, 0) is 29.8 Å². The number of carbonyl (C=O) groups is 1. The Labute approximate surface area is 124 Å². The lowest BCUT2D eigenvalue weighted by molar-refractivity contribution is 0.0953. The molecule has 0 fully saturated rings. The van der Waals surface area contributed by atoms with Crippen molar-refractivity contribution in [3.05, 3.63) is 64.1 Å². The molecule has 0 aromatic heterocycles. The lowest BCUT2D eigenvalue weighted by atomic mass is 10.1. The van der Waals surface area contributed by atoms with Gasteiger partial charge in [0, 0.05) is 20.7 Å². The Morgan fingerprint density at radius 2 is 2.00 bits per heavy atom. The largest absolute Gasteiger partial charge is 0.290 e. The standard InChI is InChI=1S/C14H13BrN2OS/c15-11-5-3-6-12(8-11)19-9-10-4-1-2-7-13(10)14(18)17-16/h1-8H,9,16H2,(H,17,18). The molecular weight excluding hydrogens is 324 g/mol. The van der Waals surface area contributed by atoms with E-state index in [0.717, 1.165) is 20.7 Å². The maximum atomic E-state index is 11.6. The fourth-order valence-corrected chi connectivity index (χ4v) is 3.17. The lowest BCUT2D eigenvalue weighted by Gasteiger charge is -2.08. The van der Waals surface area contributed by atoms with Crippen LogP contribution in [0.2, 0.25) is 0 Å². The van der Waals surface area contributed by atoms with E-state index in [4.69, 9.17) is 5.84 Å². The number of nitrogens with one attached hydrogen (secondary N) is 1. The summed E-state index contributed by atoms with van der Waals surface area (Å²) < 4.78 is 1.05. The van der Waals surface area contributed by atoms with Gasteiger partial charge in [0.1, 0.15) is 0 Å². The zero-order valence-electron chi connectivity index (χ0n) is 10.1. The molecule has 1 amide bonds. The molecule has 0 bridgehead atoms. The van der Waals surface area contributed by atoms with E-state index in [9.17, 15) is 4.79 Å². The summed E-state index contributed by atoms with van der Waals surface area (Å²) in [6, 6.07) is 15.5. The van der Waals surface area contributed by atoms with E-state index in [1.165, 1.54) is 0 Å². The van der Waals surface area contributed by atoms with Crippen LogP contribution in [0.15, 0.2) is 57.9 Å². The molecule has 3 N–H and O–H groups in total. The first-order valence-electron chi connectivity index (χ1n) is 5.68. The normalized spacial score (nSPS) is 10.2. The summed E-state index contributed by atoms with van der Waals surface area (Å²) in [4.78, 5) is 12.8. The van der Waals surface area contributed by atoms with E-state index < -0.39 is 0 Å². The van der Waals surface area contributed by atoms with Crippen molar-refractivity contribution in [1.29, 1.82) is 0 Å². The Morgan fingerprint density at radius 1 is 1.21 bits per heavy atom. The Bertz CT molecular complexity index is 589. The van der Waals surface area contributed by atoms with Gasteiger partial charge in [0.15, 0.2) is 0 Å². The summed E-state index contributed by atoms with van der Waals surface area (Å²) in [7, 11) is 0. The second-order valence-electron chi connectivity index (χ2n) is 3.88. The van der Waals surface area contributed by atoms with Crippen molar-refractivity contribution >= 4 is 33.6 Å². The summed E-state index contributed by atoms with van der Waals surface area (Å²) in [6.45, 7) is 0. The smallest absolute Gasteiger partial charge is 0.265 e. The number of amides is 1. The van der Waals surface area contributed by atoms with E-state index in [1.807, 2.05) is 36.4 Å². The minimum atomic E-state index is -0.259. The SMILES string of the molecule is NNC(=O)c1ccccc1CSc1cccc(Br)c1. The highest BCUT2D eigenvalue weighted by molar-refractivity contribution is 9.10. The van der Waals surface area contributed by atoms with Crippen LogP contribution in [0.5, 0.6) is 0 Å². The maximum absolute atomic E-state index is 11.6. The fraction of sp³-hybridized carbons (Fsp3) is 0.0714. The summed E-state index contributed by atoms with van der Waals surface area (Å²) >= 11 is 5.12. The molecule has 19 heavy (non-hydrogen) atoms. The van der Waals surface area contributed by atoms with E-state index in [-0.39, 0.29) is 5.91 Å². The third-order valence-corrected chi connectivity index (χ3v) is 4.12. The highest BCUT2D eigenvalue weighted by Gasteiger charge is 2.09. The van der Waals surface area contributed by atoms with Gasteiger partial charge in [-0.25, -0.2) is 5.84 Å². The number of hydrogen-bond acceptors (Lipinski definition) is 3. The van der Waals surface area contributed by atoms with Gasteiger partial charge < -0.3 is 0 Å². The monoisotopic (exact) mass is 336 g/mol. The molecule has 0 saturated heterocycles. The average Bonchev–Trinajstić information content (AvgIpc) is 2.45. The van der Waals surface area contributed by atoms with Crippen LogP contribution in [-0.2, 0) is 5.75 Å². The molecule has 2 rings (SSSR count). The summed E-state index contributed by atoms with van der Waals surface area (Å²) in [5.74, 6) is 5.65. The number of benzene rings is 2. The predicted molar refractivity (Wildman–Crippen MR) is 81.8 cm³/mol. The van der Waals surface area contributed by atoms with E-state index >= 15 is 0 Å². The van der Waals surface area contributed by atoms with Crippen molar-refractivity contribution in [2.75, 3.05) is 0 Å². The molecule has 0 aliphatic carbocycles. The molecule has 2 aromatic rings. The molecule has 3 nitrogen and oxygen atoms in total. The third-order valence-electron chi connectivity index (χ3n) is 2.58. The van der Waals surface area contributed by atoms with Crippen molar-refractivity contribution in [3.63, 3.8) is 0 Å². The predicted octanol–water partition coefficient (Wildman–Crippen LogP) is 3.34. The number of carbonyl (C=O) groups excluding carboxylic acids is 1. The first-order chi connectivity index (χ1) is 9.20. The second-order valence-corrected chi connectivity index (χ2v) is 5.84. The van der Waals surface area contributed by atoms with Crippen molar-refractivity contribution in [2.45, 2.75) is 10.6 Å². The van der Waals surface area contributed by atoms with E-state index in [0.29, 0.717) is 5.56 Å². The van der Waals surface area contributed by atoms with Crippen LogP contribution in [0, 0.1) is 0 Å². The van der Waals surface area contributed by atoms with Crippen molar-refractivity contribution < 1.29 is 4.79 Å². The molecular formula is C14H13BrN2OS. The van der Waals surface area contributed by atoms with E-state index in [2.05, 4.69) is 27.4 Å². The molecule has 0 unspecified atom stereocenters. The van der Waals surface area contributed by atoms with E-state index in [1.54, 1.807) is 17.8 Å². The highest BCUT2D eigenvalue weighted by atomic mass is 79.9. The zero-order chi connectivity index (χ0) is 13.7. The Kier molecular flexibility index (Phi) is 5.01. The van der Waals surface area contributed by atoms with Crippen LogP contribution in [0.4, 0.5) is 0 Å². The molecule has 0 aliphatic rings. The molecule has 0 heterocycles. The summed E-state index contributed by atoms with van der Waals surface area (Å²) in [5, 5.41) is 0. The van der Waals surface area contributed by atoms with Gasteiger partial charge in [0.05, 0.1) is 0 Å². The average molecular weight is 337 g/mol. The lowest BCUT2D eigenvalue weighted by Crippen LogP contribution is -2.30. The Hall–Kier alpha value is -1.30. The Morgan fingerprint density at radius 3 is 2.74 bits per heavy atom. The molecule has 0 radical (unpaired) electrons. The van der Waals surface area contributed by atoms with Crippen molar-refractivity contribution in [1.82, 2.24) is 5.43 Å². The maximum Gasteiger partial charge on any atom is 0.265 e. The number of hydrazine groups is 1. The summed E-state index contributed by atoms with van der Waals surface area (Å²) in [6.07, 6.45) is 0. The van der Waals surface area contributed by atoms with Crippen molar-refractivity contribution in [2.24, 2.45) is 5.84 Å². The fourth-order valence-electron chi connectivity index (χ4n) is 1.66. The van der Waals surface area contributed by atoms with Gasteiger partial charge in [-0.2, -0.15) is 0 Å². The minimum absolute atomic E-state index is 0.259. The number of rotatable bonds is 4. The zero-order valence-corrected chi connectivity index (χ0v) is 12.5. The minimum Gasteiger partial charge on any atom is -0.290 e. The first kappa shape index (κ1) is 14.1. The molecule has 0 aliphatic heterocycles. The molecule has 0 spiro atoms. The quantitative estimate of drug-likeness (QED) is 0.389. The highest BCUT2D eigenvalue weighted by Crippen LogP contribution is 2.26. The van der Waals surface area contributed by atoms with Crippen LogP contribution >= 0.6 is 27.7 Å². The van der Waals surface area contributed by atoms with Gasteiger partial charge in [-0.1, -0.05) is 40.2 Å². The van der Waals surface area contributed by atoms with Gasteiger partial charge >= 0.3 is 0 Å². The third kappa shape index (κ3) is 3.83. The molecule has 2 aromatic carbocycles. The Balaban J connectivity index is 2.13. The number of hydrogen-bond donors (Lipinski definition) is 2. The van der Waals surface area contributed by atoms with Crippen LogP contribution in [0.25, 0.3) is 0 Å². The molecule has 0 atom stereocenters. The number of thioether (sulfide) groups is 1. The van der Waals surface area contributed by atoms with Gasteiger partial charge in [0.2, 0.25) is 0 Å². The van der Waals surface area contributed by atoms with Gasteiger partial charge in [-0.15, -0.1) is 11.8 Å². The second kappa shape index (κ2) is 6.75. The number of nitrogen functional groups attached to an aromatic ring is 1. The topological polar surface area (TPSA) is 55.1 Å². The van der Waals surface area contributed by atoms with Gasteiger partial charge in [-0.3, -0.25) is 10.2 Å². The molecule has 98 valence electrons. The number of nitrogens with two attached hydrogens (primary N) is 1. The summed E-state index contributed by atoms with van der Waals surface area (Å²) in [5.41, 5.74) is 3.76. The number of halogens is 1. The van der Waals surface area contributed by atoms with Crippen molar-refractivity contribution in [3.8, 4) is 0 Å².